The molecule has 26 heavy (non-hydrogen) atoms. The van der Waals surface area contributed by atoms with Gasteiger partial charge in [0.05, 0.1) is 19.7 Å². The summed E-state index contributed by atoms with van der Waals surface area (Å²) in [6, 6.07) is 12.8. The Morgan fingerprint density at radius 2 is 1.96 bits per heavy atom. The predicted octanol–water partition coefficient (Wildman–Crippen LogP) is 3.16. The second-order valence-electron chi connectivity index (χ2n) is 6.24. The SMILES string of the molecule is CCNC(=NCC(c1cccs1)N(C)C)NCCc1ccc(OC)cc1. The molecule has 0 bridgehead atoms. The molecular weight excluding hydrogens is 344 g/mol. The van der Waals surface area contributed by atoms with Gasteiger partial charge >= 0.3 is 0 Å². The monoisotopic (exact) mass is 374 g/mol. The summed E-state index contributed by atoms with van der Waals surface area (Å²) >= 11 is 1.78. The molecule has 1 atom stereocenters. The molecule has 2 N–H and O–H groups in total. The van der Waals surface area contributed by atoms with Gasteiger partial charge in [0.25, 0.3) is 0 Å². The van der Waals surface area contributed by atoms with Crippen molar-refractivity contribution in [3.05, 3.63) is 52.2 Å². The Morgan fingerprint density at radius 1 is 1.19 bits per heavy atom. The number of aliphatic imine (C=N–C) groups is 1. The van der Waals surface area contributed by atoms with Crippen LogP contribution in [0, 0.1) is 0 Å². The van der Waals surface area contributed by atoms with Crippen LogP contribution in [0.2, 0.25) is 0 Å². The van der Waals surface area contributed by atoms with Crippen molar-refractivity contribution in [1.29, 1.82) is 0 Å². The predicted molar refractivity (Wildman–Crippen MR) is 111 cm³/mol. The minimum atomic E-state index is 0.298. The van der Waals surface area contributed by atoms with E-state index in [0.29, 0.717) is 6.04 Å². The third kappa shape index (κ3) is 6.35. The second kappa shape index (κ2) is 10.8. The average Bonchev–Trinajstić information content (AvgIpc) is 3.16. The van der Waals surface area contributed by atoms with Gasteiger partial charge in [0.2, 0.25) is 0 Å². The summed E-state index contributed by atoms with van der Waals surface area (Å²) in [5, 5.41) is 8.88. The zero-order chi connectivity index (χ0) is 18.8. The van der Waals surface area contributed by atoms with Crippen molar-refractivity contribution in [2.45, 2.75) is 19.4 Å². The molecule has 1 heterocycles. The van der Waals surface area contributed by atoms with E-state index in [1.165, 1.54) is 10.4 Å². The van der Waals surface area contributed by atoms with Crippen molar-refractivity contribution in [3.8, 4) is 5.75 Å². The number of nitrogens with one attached hydrogen (secondary N) is 2. The van der Waals surface area contributed by atoms with E-state index in [9.17, 15) is 0 Å². The third-order valence-corrected chi connectivity index (χ3v) is 5.10. The van der Waals surface area contributed by atoms with Crippen LogP contribution in [0.15, 0.2) is 46.8 Å². The lowest BCUT2D eigenvalue weighted by atomic mass is 10.1. The fourth-order valence-electron chi connectivity index (χ4n) is 2.63. The van der Waals surface area contributed by atoms with Crippen molar-refractivity contribution < 1.29 is 4.74 Å². The number of ether oxygens (including phenoxy) is 1. The first-order chi connectivity index (χ1) is 12.6. The van der Waals surface area contributed by atoms with E-state index in [1.807, 2.05) is 12.1 Å². The topological polar surface area (TPSA) is 48.9 Å². The highest BCUT2D eigenvalue weighted by molar-refractivity contribution is 7.10. The minimum absolute atomic E-state index is 0.298. The number of guanidine groups is 1. The van der Waals surface area contributed by atoms with Crippen LogP contribution in [0.25, 0.3) is 0 Å². The number of benzene rings is 1. The molecule has 5 nitrogen and oxygen atoms in total. The molecule has 1 aromatic heterocycles. The fraction of sp³-hybridized carbons (Fsp3) is 0.450. The molecule has 0 fully saturated rings. The van der Waals surface area contributed by atoms with Crippen LogP contribution >= 0.6 is 11.3 Å². The van der Waals surface area contributed by atoms with E-state index in [-0.39, 0.29) is 0 Å². The maximum absolute atomic E-state index is 5.20. The molecule has 6 heteroatoms. The highest BCUT2D eigenvalue weighted by Gasteiger charge is 2.14. The summed E-state index contributed by atoms with van der Waals surface area (Å²) in [6.45, 7) is 4.50. The number of rotatable bonds is 9. The van der Waals surface area contributed by atoms with Gasteiger partial charge in [-0.2, -0.15) is 0 Å². The molecule has 2 aromatic rings. The lowest BCUT2D eigenvalue weighted by molar-refractivity contribution is 0.310. The highest BCUT2D eigenvalue weighted by atomic mass is 32.1. The lowest BCUT2D eigenvalue weighted by Crippen LogP contribution is -2.39. The first-order valence-corrected chi connectivity index (χ1v) is 9.87. The molecule has 1 aromatic carbocycles. The normalized spacial score (nSPS) is 12.9. The zero-order valence-electron chi connectivity index (χ0n) is 16.2. The molecule has 0 aliphatic carbocycles. The van der Waals surface area contributed by atoms with Crippen LogP contribution in [0.3, 0.4) is 0 Å². The summed E-state index contributed by atoms with van der Waals surface area (Å²) < 4.78 is 5.20. The molecule has 0 aliphatic heterocycles. The molecule has 0 aliphatic rings. The summed E-state index contributed by atoms with van der Waals surface area (Å²) in [6.07, 6.45) is 0.941. The number of hydrogen-bond acceptors (Lipinski definition) is 4. The summed E-state index contributed by atoms with van der Waals surface area (Å²) in [5.74, 6) is 1.75. The van der Waals surface area contributed by atoms with Crippen LogP contribution in [0.1, 0.15) is 23.4 Å². The number of likely N-dealkylation sites (N-methyl/N-ethyl adjacent to an activating group) is 1. The van der Waals surface area contributed by atoms with Crippen LogP contribution in [0.4, 0.5) is 0 Å². The largest absolute Gasteiger partial charge is 0.497 e. The molecule has 1 unspecified atom stereocenters. The summed E-state index contributed by atoms with van der Waals surface area (Å²) in [5.41, 5.74) is 1.28. The van der Waals surface area contributed by atoms with Gasteiger partial charge in [-0.1, -0.05) is 18.2 Å². The van der Waals surface area contributed by atoms with Crippen LogP contribution in [-0.2, 0) is 6.42 Å². The Hall–Kier alpha value is -2.05. The van der Waals surface area contributed by atoms with E-state index in [1.54, 1.807) is 18.4 Å². The van der Waals surface area contributed by atoms with Gasteiger partial charge < -0.3 is 20.3 Å². The van der Waals surface area contributed by atoms with Crippen molar-refractivity contribution in [2.75, 3.05) is 40.8 Å². The Kier molecular flexibility index (Phi) is 8.44. The quantitative estimate of drug-likeness (QED) is 0.523. The average molecular weight is 375 g/mol. The van der Waals surface area contributed by atoms with Crippen LogP contribution < -0.4 is 15.4 Å². The molecule has 0 saturated heterocycles. The van der Waals surface area contributed by atoms with E-state index in [4.69, 9.17) is 9.73 Å². The Bertz CT molecular complexity index is 653. The number of nitrogens with zero attached hydrogens (tertiary/aromatic N) is 2. The Morgan fingerprint density at radius 3 is 2.54 bits per heavy atom. The summed E-state index contributed by atoms with van der Waals surface area (Å²) in [7, 11) is 5.89. The van der Waals surface area contributed by atoms with Gasteiger partial charge in [-0.15, -0.1) is 11.3 Å². The van der Waals surface area contributed by atoms with Crippen molar-refractivity contribution in [2.24, 2.45) is 4.99 Å². The Labute approximate surface area is 161 Å². The van der Waals surface area contributed by atoms with Gasteiger partial charge in [0.15, 0.2) is 5.96 Å². The third-order valence-electron chi connectivity index (χ3n) is 4.13. The van der Waals surface area contributed by atoms with Crippen LogP contribution in [0.5, 0.6) is 5.75 Å². The number of thiophene rings is 1. The first-order valence-electron chi connectivity index (χ1n) is 8.99. The fourth-order valence-corrected chi connectivity index (χ4v) is 3.54. The summed E-state index contributed by atoms with van der Waals surface area (Å²) in [4.78, 5) is 8.35. The van der Waals surface area contributed by atoms with Gasteiger partial charge in [0, 0.05) is 18.0 Å². The van der Waals surface area contributed by atoms with Gasteiger partial charge in [-0.25, -0.2) is 0 Å². The number of hydrogen-bond donors (Lipinski definition) is 2. The van der Waals surface area contributed by atoms with Crippen molar-refractivity contribution >= 4 is 17.3 Å². The maximum Gasteiger partial charge on any atom is 0.191 e. The standard InChI is InChI=1S/C20H30N4OS/c1-5-21-20(22-13-12-16-8-10-17(25-4)11-9-16)23-15-18(24(2)3)19-7-6-14-26-19/h6-11,14,18H,5,12-13,15H2,1-4H3,(H2,21,22,23). The molecule has 0 spiro atoms. The number of methoxy groups -OCH3 is 1. The first kappa shape index (κ1) is 20.3. The van der Waals surface area contributed by atoms with Crippen molar-refractivity contribution in [1.82, 2.24) is 15.5 Å². The smallest absolute Gasteiger partial charge is 0.191 e. The lowest BCUT2D eigenvalue weighted by Gasteiger charge is -2.22. The van der Waals surface area contributed by atoms with Gasteiger partial charge in [-0.05, 0) is 56.6 Å². The van der Waals surface area contributed by atoms with Crippen LogP contribution in [-0.4, -0.2) is 51.7 Å². The molecule has 0 radical (unpaired) electrons. The molecule has 2 rings (SSSR count). The molecule has 0 saturated carbocycles. The molecular formula is C20H30N4OS. The van der Waals surface area contributed by atoms with Gasteiger partial charge in [0.1, 0.15) is 5.75 Å². The van der Waals surface area contributed by atoms with E-state index in [0.717, 1.165) is 37.8 Å². The zero-order valence-corrected chi connectivity index (χ0v) is 17.0. The minimum Gasteiger partial charge on any atom is -0.497 e. The van der Waals surface area contributed by atoms with Gasteiger partial charge in [-0.3, -0.25) is 4.99 Å². The highest BCUT2D eigenvalue weighted by Crippen LogP contribution is 2.23. The maximum atomic E-state index is 5.20. The molecule has 142 valence electrons. The molecule has 0 amide bonds. The van der Waals surface area contributed by atoms with E-state index < -0.39 is 0 Å². The Balaban J connectivity index is 1.90. The van der Waals surface area contributed by atoms with E-state index in [2.05, 4.69) is 66.2 Å². The van der Waals surface area contributed by atoms with Crippen molar-refractivity contribution in [3.63, 3.8) is 0 Å². The van der Waals surface area contributed by atoms with E-state index >= 15 is 0 Å². The second-order valence-corrected chi connectivity index (χ2v) is 7.22.